The molecule has 3 heteroatoms. The van der Waals surface area contributed by atoms with Crippen molar-refractivity contribution in [3.8, 4) is 17.2 Å². The molecule has 0 bridgehead atoms. The van der Waals surface area contributed by atoms with Crippen molar-refractivity contribution >= 4 is 11.6 Å². The Balaban J connectivity index is 2.55. The van der Waals surface area contributed by atoms with E-state index in [0.717, 1.165) is 0 Å². The van der Waals surface area contributed by atoms with Gasteiger partial charge in [-0.2, -0.15) is 5.26 Å². The normalized spacial score (nSPS) is 9.81. The van der Waals surface area contributed by atoms with Crippen LogP contribution in [0.2, 0.25) is 5.02 Å². The molecule has 0 amide bonds. The molecule has 0 aliphatic rings. The molecule has 1 radical (unpaired) electrons. The topological polar surface area (TPSA) is 23.8 Å². The molecule has 0 N–H and O–H groups in total. The highest BCUT2D eigenvalue weighted by atomic mass is 35.5. The highest BCUT2D eigenvalue weighted by Crippen LogP contribution is 2.25. The fourth-order valence-corrected chi connectivity index (χ4v) is 1.56. The number of rotatable bonds is 1. The van der Waals surface area contributed by atoms with Crippen LogP contribution in [0.5, 0.6) is 0 Å². The molecule has 0 fully saturated rings. The number of benzene rings is 2. The Morgan fingerprint density at radius 2 is 2.06 bits per heavy atom. The van der Waals surface area contributed by atoms with Gasteiger partial charge in [0, 0.05) is 10.6 Å². The summed E-state index contributed by atoms with van der Waals surface area (Å²) in [6.07, 6.45) is 0. The molecule has 0 aliphatic heterocycles. The van der Waals surface area contributed by atoms with Crippen LogP contribution in [0.25, 0.3) is 11.1 Å². The van der Waals surface area contributed by atoms with E-state index in [4.69, 9.17) is 16.9 Å². The van der Waals surface area contributed by atoms with Gasteiger partial charge >= 0.3 is 0 Å². The largest absolute Gasteiger partial charge is 0.206 e. The lowest BCUT2D eigenvalue weighted by molar-refractivity contribution is 0.631. The first-order valence-corrected chi connectivity index (χ1v) is 4.96. The lowest BCUT2D eigenvalue weighted by Gasteiger charge is -2.03. The van der Waals surface area contributed by atoms with Crippen molar-refractivity contribution in [2.24, 2.45) is 0 Å². The van der Waals surface area contributed by atoms with Crippen molar-refractivity contribution in [2.75, 3.05) is 0 Å². The Morgan fingerprint density at radius 3 is 2.75 bits per heavy atom. The number of halogens is 2. The Kier molecular flexibility index (Phi) is 2.89. The summed E-state index contributed by atoms with van der Waals surface area (Å²) in [4.78, 5) is 0. The van der Waals surface area contributed by atoms with Gasteiger partial charge in [-0.3, -0.25) is 0 Å². The van der Waals surface area contributed by atoms with E-state index in [0.29, 0.717) is 21.7 Å². The van der Waals surface area contributed by atoms with E-state index < -0.39 is 5.82 Å². The van der Waals surface area contributed by atoms with Crippen LogP contribution in [0.1, 0.15) is 5.56 Å². The van der Waals surface area contributed by atoms with E-state index in [2.05, 4.69) is 6.07 Å². The minimum absolute atomic E-state index is 0.345. The van der Waals surface area contributed by atoms with Gasteiger partial charge in [-0.15, -0.1) is 0 Å². The minimum atomic E-state index is -0.418. The average Bonchev–Trinajstić information content (AvgIpc) is 2.29. The molecule has 77 valence electrons. The molecular formula is C13H6ClFN. The molecule has 0 spiro atoms. The summed E-state index contributed by atoms with van der Waals surface area (Å²) in [5.74, 6) is -0.418. The molecule has 0 saturated heterocycles. The van der Waals surface area contributed by atoms with Gasteiger partial charge in [0.2, 0.25) is 0 Å². The highest BCUT2D eigenvalue weighted by Gasteiger charge is 2.06. The SMILES string of the molecule is N#Cc1cc[c]c(-c2ccc(Cl)cc2F)c1. The van der Waals surface area contributed by atoms with Gasteiger partial charge in [-0.25, -0.2) is 4.39 Å². The summed E-state index contributed by atoms with van der Waals surface area (Å²) in [5.41, 5.74) is 1.41. The van der Waals surface area contributed by atoms with Crippen LogP contribution in [-0.2, 0) is 0 Å². The van der Waals surface area contributed by atoms with Gasteiger partial charge in [-0.05, 0) is 42.0 Å². The molecule has 2 aromatic rings. The Hall–Kier alpha value is -1.85. The smallest absolute Gasteiger partial charge is 0.132 e. The van der Waals surface area contributed by atoms with E-state index in [1.807, 2.05) is 6.07 Å². The standard InChI is InChI=1S/C13H6ClFN/c14-11-4-5-12(13(15)7-11)10-3-1-2-9(6-10)8-16/h1-2,4-7H. The van der Waals surface area contributed by atoms with Crippen molar-refractivity contribution in [1.29, 1.82) is 5.26 Å². The van der Waals surface area contributed by atoms with Crippen LogP contribution in [0.3, 0.4) is 0 Å². The molecule has 0 aliphatic carbocycles. The maximum atomic E-state index is 13.6. The third kappa shape index (κ3) is 2.05. The van der Waals surface area contributed by atoms with E-state index in [1.54, 1.807) is 30.3 Å². The molecule has 0 saturated carbocycles. The molecule has 0 heterocycles. The van der Waals surface area contributed by atoms with Crippen LogP contribution < -0.4 is 0 Å². The van der Waals surface area contributed by atoms with E-state index >= 15 is 0 Å². The average molecular weight is 231 g/mol. The van der Waals surface area contributed by atoms with Crippen LogP contribution in [0.15, 0.2) is 36.4 Å². The first-order valence-electron chi connectivity index (χ1n) is 4.58. The van der Waals surface area contributed by atoms with Crippen LogP contribution >= 0.6 is 11.6 Å². The summed E-state index contributed by atoms with van der Waals surface area (Å²) in [6.45, 7) is 0. The van der Waals surface area contributed by atoms with Gasteiger partial charge in [0.05, 0.1) is 11.6 Å². The lowest BCUT2D eigenvalue weighted by atomic mass is 10.0. The van der Waals surface area contributed by atoms with Crippen molar-refractivity contribution in [3.05, 3.63) is 58.9 Å². The first-order chi connectivity index (χ1) is 7.70. The first kappa shape index (κ1) is 10.7. The predicted octanol–water partition coefficient (Wildman–Crippen LogP) is 3.82. The molecule has 0 unspecified atom stereocenters. The van der Waals surface area contributed by atoms with E-state index in [1.165, 1.54) is 6.07 Å². The molecule has 0 aromatic heterocycles. The van der Waals surface area contributed by atoms with Gasteiger partial charge < -0.3 is 0 Å². The fraction of sp³-hybridized carbons (Fsp3) is 0. The van der Waals surface area contributed by atoms with Crippen molar-refractivity contribution < 1.29 is 4.39 Å². The molecular weight excluding hydrogens is 225 g/mol. The van der Waals surface area contributed by atoms with Gasteiger partial charge in [0.25, 0.3) is 0 Å². The number of nitrogens with zero attached hydrogens (tertiary/aromatic N) is 1. The number of nitriles is 1. The van der Waals surface area contributed by atoms with Crippen molar-refractivity contribution in [1.82, 2.24) is 0 Å². The summed E-state index contributed by atoms with van der Waals surface area (Å²) < 4.78 is 13.6. The molecule has 0 atom stereocenters. The summed E-state index contributed by atoms with van der Waals surface area (Å²) >= 11 is 5.66. The number of hydrogen-bond donors (Lipinski definition) is 0. The third-order valence-corrected chi connectivity index (χ3v) is 2.39. The Bertz CT molecular complexity index is 572. The van der Waals surface area contributed by atoms with Gasteiger partial charge in [-0.1, -0.05) is 17.7 Å². The fourth-order valence-electron chi connectivity index (χ4n) is 1.40. The maximum Gasteiger partial charge on any atom is 0.132 e. The number of hydrogen-bond acceptors (Lipinski definition) is 1. The lowest BCUT2D eigenvalue weighted by Crippen LogP contribution is -1.85. The zero-order valence-electron chi connectivity index (χ0n) is 8.17. The second kappa shape index (κ2) is 4.34. The van der Waals surface area contributed by atoms with Crippen LogP contribution in [-0.4, -0.2) is 0 Å². The maximum absolute atomic E-state index is 13.6. The molecule has 16 heavy (non-hydrogen) atoms. The monoisotopic (exact) mass is 230 g/mol. The molecule has 2 rings (SSSR count). The zero-order chi connectivity index (χ0) is 11.5. The van der Waals surface area contributed by atoms with Crippen molar-refractivity contribution in [2.45, 2.75) is 0 Å². The van der Waals surface area contributed by atoms with Crippen molar-refractivity contribution in [3.63, 3.8) is 0 Å². The Morgan fingerprint density at radius 1 is 1.25 bits per heavy atom. The molecule has 1 nitrogen and oxygen atoms in total. The van der Waals surface area contributed by atoms with E-state index in [9.17, 15) is 4.39 Å². The molecule has 2 aromatic carbocycles. The third-order valence-electron chi connectivity index (χ3n) is 2.15. The van der Waals surface area contributed by atoms with Crippen LogP contribution in [0, 0.1) is 23.2 Å². The predicted molar refractivity (Wildman–Crippen MR) is 60.4 cm³/mol. The summed E-state index contributed by atoms with van der Waals surface area (Å²) in [7, 11) is 0. The second-order valence-electron chi connectivity index (χ2n) is 3.23. The van der Waals surface area contributed by atoms with Gasteiger partial charge in [0.1, 0.15) is 5.82 Å². The minimum Gasteiger partial charge on any atom is -0.206 e. The van der Waals surface area contributed by atoms with Gasteiger partial charge in [0.15, 0.2) is 0 Å². The summed E-state index contributed by atoms with van der Waals surface area (Å²) in [6, 6.07) is 14.1. The van der Waals surface area contributed by atoms with E-state index in [-0.39, 0.29) is 0 Å². The second-order valence-corrected chi connectivity index (χ2v) is 3.66. The van der Waals surface area contributed by atoms with Crippen LogP contribution in [0.4, 0.5) is 4.39 Å². The zero-order valence-corrected chi connectivity index (χ0v) is 8.92. The highest BCUT2D eigenvalue weighted by molar-refractivity contribution is 6.30. The summed E-state index contributed by atoms with van der Waals surface area (Å²) in [5, 5.41) is 9.09. The Labute approximate surface area is 97.7 Å². The quantitative estimate of drug-likeness (QED) is 0.731.